The molecule has 3 heteroatoms. The molecule has 0 amide bonds. The number of carbonyl (C=O) groups excluding carboxylic acids is 1. The molecule has 3 aromatic rings. The summed E-state index contributed by atoms with van der Waals surface area (Å²) in [5, 5.41) is 0.935. The second-order valence-electron chi connectivity index (χ2n) is 5.31. The van der Waals surface area contributed by atoms with Crippen molar-refractivity contribution < 1.29 is 9.21 Å². The largest absolute Gasteiger partial charge is 0.453 e. The SMILES string of the molecule is Cc1ccc2oc(C(=O)C(N)Cc3ccccc3)cc2c1. The van der Waals surface area contributed by atoms with Gasteiger partial charge in [-0.15, -0.1) is 0 Å². The number of nitrogens with two attached hydrogens (primary N) is 1. The highest BCUT2D eigenvalue weighted by Gasteiger charge is 2.20. The van der Waals surface area contributed by atoms with Gasteiger partial charge in [-0.2, -0.15) is 0 Å². The maximum Gasteiger partial charge on any atom is 0.214 e. The van der Waals surface area contributed by atoms with Crippen molar-refractivity contribution in [3.8, 4) is 0 Å². The lowest BCUT2D eigenvalue weighted by Gasteiger charge is -2.08. The van der Waals surface area contributed by atoms with Gasteiger partial charge < -0.3 is 10.2 Å². The summed E-state index contributed by atoms with van der Waals surface area (Å²) in [6.07, 6.45) is 0.510. The van der Waals surface area contributed by atoms with Crippen molar-refractivity contribution in [3.63, 3.8) is 0 Å². The van der Waals surface area contributed by atoms with Gasteiger partial charge in [0.25, 0.3) is 0 Å². The molecule has 0 aliphatic rings. The predicted molar refractivity (Wildman–Crippen MR) is 83.4 cm³/mol. The molecular weight excluding hydrogens is 262 g/mol. The molecule has 3 rings (SSSR count). The monoisotopic (exact) mass is 279 g/mol. The minimum atomic E-state index is -0.589. The first-order valence-corrected chi connectivity index (χ1v) is 6.97. The molecule has 0 aliphatic carbocycles. The Morgan fingerprint density at radius 3 is 2.67 bits per heavy atom. The van der Waals surface area contributed by atoms with Gasteiger partial charge in [-0.05, 0) is 37.1 Å². The fourth-order valence-corrected chi connectivity index (χ4v) is 2.43. The highest BCUT2D eigenvalue weighted by molar-refractivity contribution is 6.01. The zero-order chi connectivity index (χ0) is 14.8. The Labute approximate surface area is 123 Å². The van der Waals surface area contributed by atoms with Crippen LogP contribution >= 0.6 is 0 Å². The van der Waals surface area contributed by atoms with Crippen LogP contribution < -0.4 is 5.73 Å². The molecule has 3 nitrogen and oxygen atoms in total. The quantitative estimate of drug-likeness (QED) is 0.744. The molecule has 1 heterocycles. The summed E-state index contributed by atoms with van der Waals surface area (Å²) in [5.41, 5.74) is 8.92. The lowest BCUT2D eigenvalue weighted by Crippen LogP contribution is -2.32. The Bertz CT molecular complexity index is 774. The van der Waals surface area contributed by atoms with Crippen LogP contribution in [-0.4, -0.2) is 11.8 Å². The topological polar surface area (TPSA) is 56.2 Å². The van der Waals surface area contributed by atoms with Gasteiger partial charge in [-0.25, -0.2) is 0 Å². The van der Waals surface area contributed by atoms with Gasteiger partial charge >= 0.3 is 0 Å². The van der Waals surface area contributed by atoms with Crippen LogP contribution in [0.5, 0.6) is 0 Å². The predicted octanol–water partition coefficient (Wildman–Crippen LogP) is 3.49. The van der Waals surface area contributed by atoms with Crippen molar-refractivity contribution in [2.24, 2.45) is 5.73 Å². The van der Waals surface area contributed by atoms with Gasteiger partial charge in [0.05, 0.1) is 6.04 Å². The zero-order valence-electron chi connectivity index (χ0n) is 11.9. The van der Waals surface area contributed by atoms with E-state index in [1.165, 1.54) is 0 Å². The number of ketones is 1. The number of hydrogen-bond acceptors (Lipinski definition) is 3. The number of furan rings is 1. The molecule has 1 unspecified atom stereocenters. The average Bonchev–Trinajstić information content (AvgIpc) is 2.90. The molecule has 2 N–H and O–H groups in total. The summed E-state index contributed by atoms with van der Waals surface area (Å²) in [7, 11) is 0. The van der Waals surface area contributed by atoms with E-state index in [2.05, 4.69) is 0 Å². The van der Waals surface area contributed by atoms with Crippen molar-refractivity contribution in [2.45, 2.75) is 19.4 Å². The smallest absolute Gasteiger partial charge is 0.214 e. The molecule has 2 aromatic carbocycles. The minimum Gasteiger partial charge on any atom is -0.453 e. The number of rotatable bonds is 4. The molecule has 0 spiro atoms. The average molecular weight is 279 g/mol. The van der Waals surface area contributed by atoms with E-state index >= 15 is 0 Å². The van der Waals surface area contributed by atoms with E-state index in [0.717, 1.165) is 22.1 Å². The van der Waals surface area contributed by atoms with E-state index in [9.17, 15) is 4.79 Å². The molecule has 1 atom stereocenters. The van der Waals surface area contributed by atoms with E-state index in [1.54, 1.807) is 6.07 Å². The molecule has 0 radical (unpaired) electrons. The van der Waals surface area contributed by atoms with Crippen molar-refractivity contribution in [3.05, 3.63) is 71.5 Å². The van der Waals surface area contributed by atoms with Crippen LogP contribution in [0.3, 0.4) is 0 Å². The van der Waals surface area contributed by atoms with Crippen LogP contribution in [0.15, 0.2) is 59.0 Å². The fraction of sp³-hybridized carbons (Fsp3) is 0.167. The highest BCUT2D eigenvalue weighted by Crippen LogP contribution is 2.21. The summed E-state index contributed by atoms with van der Waals surface area (Å²) in [6.45, 7) is 2.01. The molecular formula is C18H17NO2. The summed E-state index contributed by atoms with van der Waals surface area (Å²) >= 11 is 0. The van der Waals surface area contributed by atoms with Gasteiger partial charge in [0.2, 0.25) is 5.78 Å². The molecule has 0 saturated carbocycles. The number of benzene rings is 2. The number of hydrogen-bond donors (Lipinski definition) is 1. The molecule has 1 aromatic heterocycles. The van der Waals surface area contributed by atoms with Crippen LogP contribution in [0.4, 0.5) is 0 Å². The third-order valence-corrected chi connectivity index (χ3v) is 3.55. The Kier molecular flexibility index (Phi) is 3.59. The van der Waals surface area contributed by atoms with Gasteiger partial charge in [0, 0.05) is 5.39 Å². The van der Waals surface area contributed by atoms with Gasteiger partial charge in [-0.1, -0.05) is 42.0 Å². The van der Waals surface area contributed by atoms with Crippen molar-refractivity contribution in [1.82, 2.24) is 0 Å². The number of carbonyl (C=O) groups is 1. The van der Waals surface area contributed by atoms with Crippen LogP contribution in [0.1, 0.15) is 21.7 Å². The minimum absolute atomic E-state index is 0.160. The van der Waals surface area contributed by atoms with Crippen LogP contribution in [-0.2, 0) is 6.42 Å². The number of aryl methyl sites for hydroxylation is 1. The van der Waals surface area contributed by atoms with E-state index in [-0.39, 0.29) is 5.78 Å². The van der Waals surface area contributed by atoms with E-state index in [4.69, 9.17) is 10.2 Å². The lowest BCUT2D eigenvalue weighted by molar-refractivity contribution is 0.0935. The zero-order valence-corrected chi connectivity index (χ0v) is 11.9. The van der Waals surface area contributed by atoms with Crippen molar-refractivity contribution in [1.29, 1.82) is 0 Å². The molecule has 0 saturated heterocycles. The fourth-order valence-electron chi connectivity index (χ4n) is 2.43. The second kappa shape index (κ2) is 5.54. The third-order valence-electron chi connectivity index (χ3n) is 3.55. The maximum absolute atomic E-state index is 12.4. The maximum atomic E-state index is 12.4. The van der Waals surface area contributed by atoms with Crippen LogP contribution in [0.25, 0.3) is 11.0 Å². The van der Waals surface area contributed by atoms with Crippen LogP contribution in [0, 0.1) is 6.92 Å². The number of fused-ring (bicyclic) bond motifs is 1. The Balaban J connectivity index is 1.82. The molecule has 0 aliphatic heterocycles. The van der Waals surface area contributed by atoms with Crippen molar-refractivity contribution in [2.75, 3.05) is 0 Å². The Morgan fingerprint density at radius 1 is 1.14 bits per heavy atom. The normalized spacial score (nSPS) is 12.5. The van der Waals surface area contributed by atoms with E-state index < -0.39 is 6.04 Å². The van der Waals surface area contributed by atoms with E-state index in [0.29, 0.717) is 12.2 Å². The van der Waals surface area contributed by atoms with Gasteiger partial charge in [0.15, 0.2) is 5.76 Å². The first kappa shape index (κ1) is 13.6. The van der Waals surface area contributed by atoms with Gasteiger partial charge in [-0.3, -0.25) is 4.79 Å². The lowest BCUT2D eigenvalue weighted by atomic mass is 10.0. The molecule has 0 fully saturated rings. The van der Waals surface area contributed by atoms with Gasteiger partial charge in [0.1, 0.15) is 5.58 Å². The summed E-state index contributed by atoms with van der Waals surface area (Å²) < 4.78 is 5.61. The first-order valence-electron chi connectivity index (χ1n) is 6.97. The summed E-state index contributed by atoms with van der Waals surface area (Å²) in [5.74, 6) is 0.173. The highest BCUT2D eigenvalue weighted by atomic mass is 16.3. The summed E-state index contributed by atoms with van der Waals surface area (Å²) in [4.78, 5) is 12.4. The standard InChI is InChI=1S/C18H17NO2/c1-12-7-8-16-14(9-12)11-17(21-16)18(20)15(19)10-13-5-3-2-4-6-13/h2-9,11,15H,10,19H2,1H3. The molecule has 106 valence electrons. The van der Waals surface area contributed by atoms with Crippen LogP contribution in [0.2, 0.25) is 0 Å². The third kappa shape index (κ3) is 2.88. The molecule has 21 heavy (non-hydrogen) atoms. The molecule has 0 bridgehead atoms. The second-order valence-corrected chi connectivity index (χ2v) is 5.31. The Hall–Kier alpha value is -2.39. The summed E-state index contributed by atoms with van der Waals surface area (Å²) in [6, 6.07) is 16.8. The number of Topliss-reactive ketones (excluding diaryl/α,β-unsaturated/α-hetero) is 1. The van der Waals surface area contributed by atoms with Crippen molar-refractivity contribution >= 4 is 16.8 Å². The van der Waals surface area contributed by atoms with E-state index in [1.807, 2.05) is 55.5 Å². The first-order chi connectivity index (χ1) is 10.1. The Morgan fingerprint density at radius 2 is 1.90 bits per heavy atom.